The van der Waals surface area contributed by atoms with Crippen LogP contribution in [0.5, 0.6) is 0 Å². The van der Waals surface area contributed by atoms with E-state index in [4.69, 9.17) is 0 Å². The van der Waals surface area contributed by atoms with Crippen molar-refractivity contribution < 1.29 is 10.0 Å². The van der Waals surface area contributed by atoms with Crippen LogP contribution in [-0.2, 0) is 0 Å². The number of nitro groups is 1. The molecular formula is C10H15N3O3S. The molecule has 0 aliphatic rings. The lowest BCUT2D eigenvalue weighted by Gasteiger charge is -2.13. The summed E-state index contributed by atoms with van der Waals surface area (Å²) in [5, 5.41) is 23.2. The number of anilines is 1. The van der Waals surface area contributed by atoms with E-state index in [9.17, 15) is 15.2 Å². The second kappa shape index (κ2) is 5.83. The van der Waals surface area contributed by atoms with Gasteiger partial charge in [0.15, 0.2) is 5.03 Å². The summed E-state index contributed by atoms with van der Waals surface area (Å²) in [7, 11) is 1.70. The van der Waals surface area contributed by atoms with Crippen molar-refractivity contribution in [2.75, 3.05) is 12.4 Å². The van der Waals surface area contributed by atoms with Crippen molar-refractivity contribution in [3.8, 4) is 0 Å². The molecule has 0 saturated carbocycles. The molecule has 94 valence electrons. The number of hydrogen-bond donors (Lipinski definition) is 2. The Morgan fingerprint density at radius 2 is 2.18 bits per heavy atom. The van der Waals surface area contributed by atoms with Gasteiger partial charge in [-0.15, -0.1) is 0 Å². The van der Waals surface area contributed by atoms with Crippen molar-refractivity contribution in [2.24, 2.45) is 0 Å². The molecule has 1 rings (SSSR count). The molecule has 2 N–H and O–H groups in total. The van der Waals surface area contributed by atoms with Crippen LogP contribution >= 0.6 is 11.8 Å². The summed E-state index contributed by atoms with van der Waals surface area (Å²) in [6.45, 7) is 3.44. The second-order valence-electron chi connectivity index (χ2n) is 3.59. The molecule has 0 spiro atoms. The van der Waals surface area contributed by atoms with E-state index in [0.717, 1.165) is 0 Å². The van der Waals surface area contributed by atoms with Crippen LogP contribution in [0.3, 0.4) is 0 Å². The zero-order valence-electron chi connectivity index (χ0n) is 9.88. The topological polar surface area (TPSA) is 88.3 Å². The number of rotatable bonds is 5. The van der Waals surface area contributed by atoms with E-state index in [0.29, 0.717) is 10.8 Å². The van der Waals surface area contributed by atoms with Gasteiger partial charge in [0.1, 0.15) is 5.82 Å². The highest BCUT2D eigenvalue weighted by Crippen LogP contribution is 2.32. The Balaban J connectivity index is 3.05. The number of aliphatic hydroxyl groups excluding tert-OH is 1. The van der Waals surface area contributed by atoms with E-state index in [1.165, 1.54) is 17.8 Å². The standard InChI is InChI=1S/C10H15N3O3S/c1-6(14)7(2)17-10-8(13(15)16)4-5-9(11-3)12-10/h4-7,14H,1-3H3,(H,11,12). The predicted octanol–water partition coefficient (Wildman–Crippen LogP) is 1.89. The lowest BCUT2D eigenvalue weighted by molar-refractivity contribution is -0.388. The van der Waals surface area contributed by atoms with E-state index in [2.05, 4.69) is 10.3 Å². The lowest BCUT2D eigenvalue weighted by Crippen LogP contribution is -2.15. The molecule has 7 heteroatoms. The Hall–Kier alpha value is -1.34. The van der Waals surface area contributed by atoms with Crippen LogP contribution in [0.4, 0.5) is 11.5 Å². The molecule has 1 heterocycles. The fraction of sp³-hybridized carbons (Fsp3) is 0.500. The first kappa shape index (κ1) is 13.7. The molecule has 17 heavy (non-hydrogen) atoms. The summed E-state index contributed by atoms with van der Waals surface area (Å²) in [6.07, 6.45) is -0.556. The minimum Gasteiger partial charge on any atom is -0.392 e. The zero-order valence-corrected chi connectivity index (χ0v) is 10.7. The van der Waals surface area contributed by atoms with E-state index in [-0.39, 0.29) is 10.9 Å². The maximum Gasteiger partial charge on any atom is 0.301 e. The Morgan fingerprint density at radius 1 is 1.53 bits per heavy atom. The number of aromatic nitrogens is 1. The number of nitrogens with zero attached hydrogens (tertiary/aromatic N) is 2. The predicted molar refractivity (Wildman–Crippen MR) is 67.4 cm³/mol. The smallest absolute Gasteiger partial charge is 0.301 e. The molecular weight excluding hydrogens is 242 g/mol. The second-order valence-corrected chi connectivity index (χ2v) is 4.96. The minimum absolute atomic E-state index is 0.0403. The number of pyridine rings is 1. The average molecular weight is 257 g/mol. The van der Waals surface area contributed by atoms with Crippen molar-refractivity contribution in [2.45, 2.75) is 30.2 Å². The van der Waals surface area contributed by atoms with Crippen molar-refractivity contribution in [1.82, 2.24) is 4.98 Å². The molecule has 0 amide bonds. The maximum atomic E-state index is 10.8. The average Bonchev–Trinajstić information content (AvgIpc) is 2.28. The van der Waals surface area contributed by atoms with Crippen molar-refractivity contribution in [3.63, 3.8) is 0 Å². The summed E-state index contributed by atoms with van der Waals surface area (Å²) < 4.78 is 0. The molecule has 2 atom stereocenters. The van der Waals surface area contributed by atoms with Gasteiger partial charge in [-0.25, -0.2) is 4.98 Å². The Bertz CT molecular complexity index is 412. The van der Waals surface area contributed by atoms with Gasteiger partial charge in [-0.1, -0.05) is 18.7 Å². The highest BCUT2D eigenvalue weighted by molar-refractivity contribution is 8.00. The molecule has 0 fully saturated rings. The third-order valence-electron chi connectivity index (χ3n) is 2.27. The largest absolute Gasteiger partial charge is 0.392 e. The molecule has 0 bridgehead atoms. The molecule has 6 nitrogen and oxygen atoms in total. The first-order valence-electron chi connectivity index (χ1n) is 5.13. The zero-order chi connectivity index (χ0) is 13.0. The van der Waals surface area contributed by atoms with Crippen molar-refractivity contribution in [1.29, 1.82) is 0 Å². The summed E-state index contributed by atoms with van der Waals surface area (Å²) in [4.78, 5) is 14.5. The van der Waals surface area contributed by atoms with Gasteiger partial charge in [-0.3, -0.25) is 10.1 Å². The Labute approximate surface area is 104 Å². The van der Waals surface area contributed by atoms with Crippen molar-refractivity contribution >= 4 is 23.3 Å². The monoisotopic (exact) mass is 257 g/mol. The molecule has 0 aromatic carbocycles. The maximum absolute atomic E-state index is 10.8. The van der Waals surface area contributed by atoms with E-state index < -0.39 is 11.0 Å². The first-order chi connectivity index (χ1) is 7.95. The number of nitrogens with one attached hydrogen (secondary N) is 1. The van der Waals surface area contributed by atoms with Crippen LogP contribution in [0.15, 0.2) is 17.2 Å². The number of aliphatic hydroxyl groups is 1. The molecule has 0 aliphatic carbocycles. The molecule has 0 radical (unpaired) electrons. The van der Waals surface area contributed by atoms with Crippen LogP contribution in [0.25, 0.3) is 0 Å². The Morgan fingerprint density at radius 3 is 2.65 bits per heavy atom. The van der Waals surface area contributed by atoms with Gasteiger partial charge in [0, 0.05) is 18.4 Å². The van der Waals surface area contributed by atoms with Gasteiger partial charge in [-0.2, -0.15) is 0 Å². The number of thioether (sulfide) groups is 1. The fourth-order valence-electron chi connectivity index (χ4n) is 1.07. The quantitative estimate of drug-likeness (QED) is 0.476. The Kier molecular flexibility index (Phi) is 4.71. The third kappa shape index (κ3) is 3.57. The van der Waals surface area contributed by atoms with Gasteiger partial charge in [-0.05, 0) is 13.0 Å². The highest BCUT2D eigenvalue weighted by atomic mass is 32.2. The van der Waals surface area contributed by atoms with Crippen molar-refractivity contribution in [3.05, 3.63) is 22.2 Å². The summed E-state index contributed by atoms with van der Waals surface area (Å²) in [5.41, 5.74) is -0.0403. The molecule has 0 aliphatic heterocycles. The van der Waals surface area contributed by atoms with Gasteiger partial charge in [0.25, 0.3) is 0 Å². The molecule has 1 aromatic rings. The summed E-state index contributed by atoms with van der Waals surface area (Å²) in [6, 6.07) is 2.96. The van der Waals surface area contributed by atoms with Crippen LogP contribution in [-0.4, -0.2) is 33.4 Å². The van der Waals surface area contributed by atoms with Gasteiger partial charge >= 0.3 is 5.69 Å². The van der Waals surface area contributed by atoms with Crippen LogP contribution < -0.4 is 5.32 Å². The number of hydrogen-bond acceptors (Lipinski definition) is 6. The van der Waals surface area contributed by atoms with Crippen LogP contribution in [0, 0.1) is 10.1 Å². The highest BCUT2D eigenvalue weighted by Gasteiger charge is 2.20. The van der Waals surface area contributed by atoms with E-state index in [1.54, 1.807) is 27.0 Å². The van der Waals surface area contributed by atoms with E-state index in [1.807, 2.05) is 0 Å². The lowest BCUT2D eigenvalue weighted by atomic mass is 10.3. The molecule has 2 unspecified atom stereocenters. The molecule has 1 aromatic heterocycles. The molecule has 0 saturated heterocycles. The third-order valence-corrected chi connectivity index (χ3v) is 3.56. The van der Waals surface area contributed by atoms with Gasteiger partial charge in [0.2, 0.25) is 0 Å². The van der Waals surface area contributed by atoms with Crippen LogP contribution in [0.1, 0.15) is 13.8 Å². The fourth-order valence-corrected chi connectivity index (χ4v) is 2.04. The normalized spacial score (nSPS) is 14.1. The summed E-state index contributed by atoms with van der Waals surface area (Å²) in [5.74, 6) is 0.566. The van der Waals surface area contributed by atoms with Gasteiger partial charge in [0.05, 0.1) is 11.0 Å². The minimum atomic E-state index is -0.556. The van der Waals surface area contributed by atoms with Crippen LogP contribution in [0.2, 0.25) is 0 Å². The summed E-state index contributed by atoms with van der Waals surface area (Å²) >= 11 is 1.19. The first-order valence-corrected chi connectivity index (χ1v) is 6.01. The van der Waals surface area contributed by atoms with E-state index >= 15 is 0 Å². The SMILES string of the molecule is CNc1ccc([N+](=O)[O-])c(SC(C)C(C)O)n1. The van der Waals surface area contributed by atoms with Gasteiger partial charge < -0.3 is 10.4 Å².